The molecule has 0 bridgehead atoms. The molecule has 3 aliphatic rings. The first kappa shape index (κ1) is 20.2. The lowest BCUT2D eigenvalue weighted by atomic mass is 9.81. The van der Waals surface area contributed by atoms with Crippen LogP contribution in [0, 0.1) is 17.3 Å². The number of likely N-dealkylation sites (tertiary alicyclic amines) is 1. The van der Waals surface area contributed by atoms with Gasteiger partial charge in [-0.15, -0.1) is 24.0 Å². The van der Waals surface area contributed by atoms with Crippen LogP contribution in [0.1, 0.15) is 45.4 Å². The van der Waals surface area contributed by atoms with Crippen LogP contribution in [0.4, 0.5) is 0 Å². The summed E-state index contributed by atoms with van der Waals surface area (Å²) in [6.07, 6.45) is 7.40. The Bertz CT molecular complexity index is 399. The summed E-state index contributed by atoms with van der Waals surface area (Å²) < 4.78 is 5.46. The Morgan fingerprint density at radius 3 is 2.38 bits per heavy atom. The van der Waals surface area contributed by atoms with Crippen LogP contribution in [0.5, 0.6) is 0 Å². The van der Waals surface area contributed by atoms with Gasteiger partial charge >= 0.3 is 0 Å². The summed E-state index contributed by atoms with van der Waals surface area (Å²) in [5, 5.41) is 13.3. The van der Waals surface area contributed by atoms with Gasteiger partial charge in [0.25, 0.3) is 0 Å². The maximum absolute atomic E-state index is 9.86. The zero-order valence-electron chi connectivity index (χ0n) is 15.0. The summed E-state index contributed by atoms with van der Waals surface area (Å²) in [7, 11) is 0. The Kier molecular flexibility index (Phi) is 8.07. The predicted molar refractivity (Wildman–Crippen MR) is 108 cm³/mol. The summed E-state index contributed by atoms with van der Waals surface area (Å²) in [6, 6.07) is 0. The summed E-state index contributed by atoms with van der Waals surface area (Å²) >= 11 is 0. The fraction of sp³-hybridized carbons (Fsp3) is 0.944. The fourth-order valence-corrected chi connectivity index (χ4v) is 4.42. The number of hydrogen-bond acceptors (Lipinski definition) is 3. The molecule has 2 aliphatic heterocycles. The van der Waals surface area contributed by atoms with E-state index in [0.29, 0.717) is 6.54 Å². The number of nitrogens with one attached hydrogen (secondary N) is 1. The predicted octanol–water partition coefficient (Wildman–Crippen LogP) is 2.48. The molecule has 0 spiro atoms. The van der Waals surface area contributed by atoms with Crippen LogP contribution in [0.25, 0.3) is 0 Å². The van der Waals surface area contributed by atoms with Crippen molar-refractivity contribution in [1.82, 2.24) is 10.2 Å². The van der Waals surface area contributed by atoms with E-state index in [4.69, 9.17) is 9.73 Å². The van der Waals surface area contributed by atoms with Gasteiger partial charge in [0.05, 0.1) is 13.2 Å². The van der Waals surface area contributed by atoms with Gasteiger partial charge in [0, 0.05) is 38.3 Å². The smallest absolute Gasteiger partial charge is 0.193 e. The second-order valence-electron chi connectivity index (χ2n) is 7.65. The first-order valence-corrected chi connectivity index (χ1v) is 9.48. The number of aliphatic hydroxyl groups excluding tert-OH is 1. The minimum Gasteiger partial charge on any atom is -0.396 e. The monoisotopic (exact) mass is 451 g/mol. The Balaban J connectivity index is 0.00000208. The van der Waals surface area contributed by atoms with E-state index in [1.807, 2.05) is 0 Å². The van der Waals surface area contributed by atoms with Gasteiger partial charge in [-0.3, -0.25) is 4.99 Å². The molecule has 3 fully saturated rings. The van der Waals surface area contributed by atoms with Gasteiger partial charge in [-0.1, -0.05) is 12.8 Å². The van der Waals surface area contributed by atoms with E-state index < -0.39 is 0 Å². The summed E-state index contributed by atoms with van der Waals surface area (Å²) in [5.74, 6) is 2.78. The minimum absolute atomic E-state index is 0. The van der Waals surface area contributed by atoms with Crippen molar-refractivity contribution < 1.29 is 9.84 Å². The quantitative estimate of drug-likeness (QED) is 0.392. The van der Waals surface area contributed by atoms with Crippen molar-refractivity contribution in [2.45, 2.75) is 45.4 Å². The average molecular weight is 451 g/mol. The molecule has 5 nitrogen and oxygen atoms in total. The SMILES string of the molecule is CCNC(=NCC1(CO)CCOCC1)N1CC2CCCCC2C1.I. The summed E-state index contributed by atoms with van der Waals surface area (Å²) in [4.78, 5) is 7.40. The van der Waals surface area contributed by atoms with Crippen LogP contribution in [0.2, 0.25) is 0 Å². The standard InChI is InChI=1S/C18H33N3O2.HI/c1-2-19-17(20-13-18(14-22)7-9-23-10-8-18)21-11-15-5-3-4-6-16(15)12-21;/h15-16,22H,2-14H2,1H3,(H,19,20);1H. The summed E-state index contributed by atoms with van der Waals surface area (Å²) in [6.45, 7) is 7.78. The van der Waals surface area contributed by atoms with Crippen molar-refractivity contribution >= 4 is 29.9 Å². The highest BCUT2D eigenvalue weighted by atomic mass is 127. The Morgan fingerprint density at radius 1 is 1.21 bits per heavy atom. The zero-order valence-corrected chi connectivity index (χ0v) is 17.3. The number of rotatable bonds is 4. The normalized spacial score (nSPS) is 29.8. The van der Waals surface area contributed by atoms with E-state index in [-0.39, 0.29) is 36.0 Å². The molecule has 2 saturated heterocycles. The number of aliphatic imine (C=N–C) groups is 1. The molecular weight excluding hydrogens is 417 g/mol. The number of fused-ring (bicyclic) bond motifs is 1. The molecule has 2 heterocycles. The van der Waals surface area contributed by atoms with Crippen LogP contribution in [0.15, 0.2) is 4.99 Å². The first-order valence-electron chi connectivity index (χ1n) is 9.48. The molecule has 0 radical (unpaired) electrons. The molecule has 3 rings (SSSR count). The topological polar surface area (TPSA) is 57.1 Å². The van der Waals surface area contributed by atoms with E-state index in [0.717, 1.165) is 63.5 Å². The molecule has 1 saturated carbocycles. The van der Waals surface area contributed by atoms with Crippen LogP contribution >= 0.6 is 24.0 Å². The van der Waals surface area contributed by atoms with Gasteiger partial charge in [-0.2, -0.15) is 0 Å². The lowest BCUT2D eigenvalue weighted by Gasteiger charge is -2.34. The lowest BCUT2D eigenvalue weighted by Crippen LogP contribution is -2.42. The van der Waals surface area contributed by atoms with Crippen molar-refractivity contribution in [3.8, 4) is 0 Å². The van der Waals surface area contributed by atoms with Crippen molar-refractivity contribution in [3.63, 3.8) is 0 Å². The van der Waals surface area contributed by atoms with Crippen LogP contribution in [0.3, 0.4) is 0 Å². The van der Waals surface area contributed by atoms with Gasteiger partial charge < -0.3 is 20.1 Å². The molecule has 0 amide bonds. The van der Waals surface area contributed by atoms with E-state index in [2.05, 4.69) is 17.1 Å². The third-order valence-corrected chi connectivity index (χ3v) is 6.06. The molecule has 0 aromatic heterocycles. The van der Waals surface area contributed by atoms with Crippen LogP contribution in [-0.2, 0) is 4.74 Å². The highest BCUT2D eigenvalue weighted by Gasteiger charge is 2.36. The molecule has 24 heavy (non-hydrogen) atoms. The molecule has 2 unspecified atom stereocenters. The second kappa shape index (κ2) is 9.57. The van der Waals surface area contributed by atoms with Gasteiger partial charge in [0.1, 0.15) is 0 Å². The van der Waals surface area contributed by atoms with E-state index >= 15 is 0 Å². The molecule has 140 valence electrons. The maximum Gasteiger partial charge on any atom is 0.193 e. The molecule has 1 aliphatic carbocycles. The summed E-state index contributed by atoms with van der Waals surface area (Å²) in [5.41, 5.74) is -0.0780. The molecule has 0 aromatic rings. The highest BCUT2D eigenvalue weighted by molar-refractivity contribution is 14.0. The van der Waals surface area contributed by atoms with Crippen molar-refractivity contribution in [2.24, 2.45) is 22.2 Å². The van der Waals surface area contributed by atoms with E-state index in [9.17, 15) is 5.11 Å². The van der Waals surface area contributed by atoms with Gasteiger partial charge in [-0.05, 0) is 44.4 Å². The average Bonchev–Trinajstić information content (AvgIpc) is 3.03. The number of ether oxygens (including phenoxy) is 1. The maximum atomic E-state index is 9.86. The third kappa shape index (κ3) is 4.75. The Labute approximate surface area is 163 Å². The van der Waals surface area contributed by atoms with Crippen molar-refractivity contribution in [2.75, 3.05) is 46.0 Å². The number of aliphatic hydroxyl groups is 1. The van der Waals surface area contributed by atoms with Crippen LogP contribution in [-0.4, -0.2) is 62.0 Å². The molecule has 6 heteroatoms. The van der Waals surface area contributed by atoms with E-state index in [1.54, 1.807) is 0 Å². The van der Waals surface area contributed by atoms with Gasteiger partial charge in [-0.25, -0.2) is 0 Å². The number of halogens is 1. The Hall–Kier alpha value is -0.0800. The first-order chi connectivity index (χ1) is 11.3. The van der Waals surface area contributed by atoms with Crippen molar-refractivity contribution in [3.05, 3.63) is 0 Å². The highest BCUT2D eigenvalue weighted by Crippen LogP contribution is 2.36. The largest absolute Gasteiger partial charge is 0.396 e. The molecule has 2 atom stereocenters. The lowest BCUT2D eigenvalue weighted by molar-refractivity contribution is -0.0107. The molecule has 0 aromatic carbocycles. The zero-order chi connectivity index (χ0) is 16.1. The molecular formula is C18H34IN3O2. The fourth-order valence-electron chi connectivity index (χ4n) is 4.42. The number of hydrogen-bond donors (Lipinski definition) is 2. The minimum atomic E-state index is -0.0780. The molecule has 2 N–H and O–H groups in total. The number of nitrogens with zero attached hydrogens (tertiary/aromatic N) is 2. The second-order valence-corrected chi connectivity index (χ2v) is 7.65. The van der Waals surface area contributed by atoms with Crippen LogP contribution < -0.4 is 5.32 Å². The van der Waals surface area contributed by atoms with E-state index in [1.165, 1.54) is 25.7 Å². The Morgan fingerprint density at radius 2 is 1.83 bits per heavy atom. The van der Waals surface area contributed by atoms with Crippen molar-refractivity contribution in [1.29, 1.82) is 0 Å². The van der Waals surface area contributed by atoms with Gasteiger partial charge in [0.15, 0.2) is 5.96 Å². The number of guanidine groups is 1. The van der Waals surface area contributed by atoms with Gasteiger partial charge in [0.2, 0.25) is 0 Å². The third-order valence-electron chi connectivity index (χ3n) is 6.06.